The molecule has 2 saturated carbocycles. The standard InChI is InChI=1S/C19H34O4/c1-8-17(2,3)16(20)23-13-10-11-9-12(13)15(19(6,7)22)14(11)18(4,5)21/h11-15,21-22H,8-10H2,1-7H3/t11-,12+,13+,14+,15+/m0/s1. The Bertz CT molecular complexity index is 455. The van der Waals surface area contributed by atoms with E-state index in [1.54, 1.807) is 0 Å². The van der Waals surface area contributed by atoms with Crippen LogP contribution >= 0.6 is 0 Å². The van der Waals surface area contributed by atoms with Gasteiger partial charge in [-0.2, -0.15) is 0 Å². The van der Waals surface area contributed by atoms with Gasteiger partial charge in [-0.3, -0.25) is 4.79 Å². The number of carbonyl (C=O) groups is 1. The van der Waals surface area contributed by atoms with Crippen LogP contribution in [0.15, 0.2) is 0 Å². The second kappa shape index (κ2) is 5.73. The molecule has 0 spiro atoms. The van der Waals surface area contributed by atoms with Gasteiger partial charge in [0.2, 0.25) is 0 Å². The minimum atomic E-state index is -0.893. The Kier molecular flexibility index (Phi) is 4.67. The molecule has 5 atom stereocenters. The minimum Gasteiger partial charge on any atom is -0.462 e. The molecule has 2 rings (SSSR count). The summed E-state index contributed by atoms with van der Waals surface area (Å²) in [5.74, 6) is 0.282. The maximum atomic E-state index is 12.4. The SMILES string of the molecule is CCC(C)(C)C(=O)O[C@@H]1C[C@@H]2C[C@H]1[C@@H](C(C)(C)O)[C@@H]2C(C)(C)O. The first kappa shape index (κ1) is 18.7. The molecule has 2 aliphatic carbocycles. The minimum absolute atomic E-state index is 0.0432. The van der Waals surface area contributed by atoms with Crippen molar-refractivity contribution < 1.29 is 19.7 Å². The Morgan fingerprint density at radius 3 is 1.96 bits per heavy atom. The summed E-state index contributed by atoms with van der Waals surface area (Å²) in [6.45, 7) is 13.1. The second-order valence-corrected chi connectivity index (χ2v) is 9.44. The van der Waals surface area contributed by atoms with Crippen LogP contribution in [0.5, 0.6) is 0 Å². The van der Waals surface area contributed by atoms with E-state index >= 15 is 0 Å². The van der Waals surface area contributed by atoms with Gasteiger partial charge < -0.3 is 14.9 Å². The average molecular weight is 326 g/mol. The molecule has 0 unspecified atom stereocenters. The van der Waals surface area contributed by atoms with Crippen LogP contribution in [0, 0.1) is 29.1 Å². The molecule has 0 saturated heterocycles. The summed E-state index contributed by atoms with van der Waals surface area (Å²) < 4.78 is 5.86. The smallest absolute Gasteiger partial charge is 0.311 e. The van der Waals surface area contributed by atoms with Gasteiger partial charge in [-0.1, -0.05) is 6.92 Å². The van der Waals surface area contributed by atoms with Crippen LogP contribution in [0.4, 0.5) is 0 Å². The summed E-state index contributed by atoms with van der Waals surface area (Å²) >= 11 is 0. The fraction of sp³-hybridized carbons (Fsp3) is 0.947. The molecule has 0 amide bonds. The predicted molar refractivity (Wildman–Crippen MR) is 89.7 cm³/mol. The lowest BCUT2D eigenvalue weighted by Gasteiger charge is -2.46. The lowest BCUT2D eigenvalue weighted by Crippen LogP contribution is -2.52. The van der Waals surface area contributed by atoms with Gasteiger partial charge in [0.15, 0.2) is 0 Å². The van der Waals surface area contributed by atoms with Crippen molar-refractivity contribution in [2.75, 3.05) is 0 Å². The predicted octanol–water partition coefficient (Wildman–Crippen LogP) is 3.15. The van der Waals surface area contributed by atoms with Gasteiger partial charge in [0.1, 0.15) is 6.10 Å². The van der Waals surface area contributed by atoms with Crippen LogP contribution < -0.4 is 0 Å². The zero-order chi connectivity index (χ0) is 17.8. The second-order valence-electron chi connectivity index (χ2n) is 9.44. The molecule has 2 N–H and O–H groups in total. The fourth-order valence-electron chi connectivity index (χ4n) is 4.86. The van der Waals surface area contributed by atoms with E-state index in [9.17, 15) is 15.0 Å². The summed E-state index contributed by atoms with van der Waals surface area (Å²) in [7, 11) is 0. The van der Waals surface area contributed by atoms with Crippen molar-refractivity contribution in [3.63, 3.8) is 0 Å². The van der Waals surface area contributed by atoms with Gasteiger partial charge in [0.05, 0.1) is 16.6 Å². The van der Waals surface area contributed by atoms with Gasteiger partial charge in [-0.05, 0) is 78.6 Å². The lowest BCUT2D eigenvalue weighted by molar-refractivity contribution is -0.172. The Morgan fingerprint density at radius 1 is 1.00 bits per heavy atom. The Morgan fingerprint density at radius 2 is 1.52 bits per heavy atom. The van der Waals surface area contributed by atoms with Crippen LogP contribution in [0.1, 0.15) is 67.7 Å². The molecule has 2 aliphatic rings. The quantitative estimate of drug-likeness (QED) is 0.762. The van der Waals surface area contributed by atoms with Gasteiger partial charge in [0, 0.05) is 5.92 Å². The van der Waals surface area contributed by atoms with E-state index in [-0.39, 0.29) is 29.8 Å². The van der Waals surface area contributed by atoms with Crippen LogP contribution in [0.2, 0.25) is 0 Å². The summed E-state index contributed by atoms with van der Waals surface area (Å²) in [5, 5.41) is 21.3. The highest BCUT2D eigenvalue weighted by Crippen LogP contribution is 2.59. The summed E-state index contributed by atoms with van der Waals surface area (Å²) in [4.78, 5) is 12.4. The maximum absolute atomic E-state index is 12.4. The molecule has 2 bridgehead atoms. The van der Waals surface area contributed by atoms with E-state index in [4.69, 9.17) is 4.74 Å². The van der Waals surface area contributed by atoms with Crippen molar-refractivity contribution in [2.24, 2.45) is 29.1 Å². The van der Waals surface area contributed by atoms with Crippen molar-refractivity contribution in [2.45, 2.75) is 85.0 Å². The number of ether oxygens (including phenoxy) is 1. The highest BCUT2D eigenvalue weighted by atomic mass is 16.5. The van der Waals surface area contributed by atoms with Crippen LogP contribution in [-0.4, -0.2) is 33.5 Å². The molecule has 23 heavy (non-hydrogen) atoms. The number of carbonyl (C=O) groups excluding carboxylic acids is 1. The molecule has 0 aromatic heterocycles. The van der Waals surface area contributed by atoms with Crippen LogP contribution in [0.25, 0.3) is 0 Å². The third-order valence-electron chi connectivity index (χ3n) is 6.27. The van der Waals surface area contributed by atoms with E-state index in [2.05, 4.69) is 0 Å². The average Bonchev–Trinajstić information content (AvgIpc) is 2.94. The number of hydrogen-bond donors (Lipinski definition) is 2. The van der Waals surface area contributed by atoms with Gasteiger partial charge in [-0.25, -0.2) is 0 Å². The number of hydrogen-bond acceptors (Lipinski definition) is 4. The monoisotopic (exact) mass is 326 g/mol. The zero-order valence-corrected chi connectivity index (χ0v) is 15.7. The molecule has 0 aliphatic heterocycles. The Hall–Kier alpha value is -0.610. The number of rotatable bonds is 5. The van der Waals surface area contributed by atoms with Crippen molar-refractivity contribution in [1.82, 2.24) is 0 Å². The third kappa shape index (κ3) is 3.43. The van der Waals surface area contributed by atoms with E-state index in [0.29, 0.717) is 5.92 Å². The number of fused-ring (bicyclic) bond motifs is 2. The maximum Gasteiger partial charge on any atom is 0.311 e. The number of esters is 1. The third-order valence-corrected chi connectivity index (χ3v) is 6.27. The first-order chi connectivity index (χ1) is 10.3. The molecule has 0 radical (unpaired) electrons. The number of aliphatic hydroxyl groups is 2. The Balaban J connectivity index is 2.20. The van der Waals surface area contributed by atoms with E-state index in [1.165, 1.54) is 0 Å². The largest absolute Gasteiger partial charge is 0.462 e. The van der Waals surface area contributed by atoms with Crippen molar-refractivity contribution in [3.8, 4) is 0 Å². The molecule has 134 valence electrons. The lowest BCUT2D eigenvalue weighted by atomic mass is 9.65. The fourth-order valence-corrected chi connectivity index (χ4v) is 4.86. The summed E-state index contributed by atoms with van der Waals surface area (Å²) in [6.07, 6.45) is 2.34. The van der Waals surface area contributed by atoms with Gasteiger partial charge in [-0.15, -0.1) is 0 Å². The van der Waals surface area contributed by atoms with E-state index < -0.39 is 16.6 Å². The van der Waals surface area contributed by atoms with E-state index in [1.807, 2.05) is 48.5 Å². The van der Waals surface area contributed by atoms with E-state index in [0.717, 1.165) is 19.3 Å². The van der Waals surface area contributed by atoms with Gasteiger partial charge >= 0.3 is 5.97 Å². The molecule has 2 fully saturated rings. The van der Waals surface area contributed by atoms with Crippen molar-refractivity contribution in [3.05, 3.63) is 0 Å². The molecule has 0 aromatic carbocycles. The highest BCUT2D eigenvalue weighted by molar-refractivity contribution is 5.76. The van der Waals surface area contributed by atoms with Crippen LogP contribution in [0.3, 0.4) is 0 Å². The summed E-state index contributed by atoms with van der Waals surface area (Å²) in [6, 6.07) is 0. The Labute approximate surface area is 140 Å². The van der Waals surface area contributed by atoms with Gasteiger partial charge in [0.25, 0.3) is 0 Å². The summed E-state index contributed by atoms with van der Waals surface area (Å²) in [5.41, 5.74) is -2.20. The van der Waals surface area contributed by atoms with Crippen molar-refractivity contribution >= 4 is 5.97 Å². The zero-order valence-electron chi connectivity index (χ0n) is 15.7. The molecular weight excluding hydrogens is 292 g/mol. The molecule has 0 aromatic rings. The topological polar surface area (TPSA) is 66.8 Å². The molecule has 4 nitrogen and oxygen atoms in total. The molecular formula is C19H34O4. The van der Waals surface area contributed by atoms with Crippen LogP contribution in [-0.2, 0) is 9.53 Å². The highest BCUT2D eigenvalue weighted by Gasteiger charge is 2.61. The molecule has 0 heterocycles. The molecule has 4 heteroatoms. The first-order valence-corrected chi connectivity index (χ1v) is 8.95. The first-order valence-electron chi connectivity index (χ1n) is 8.95. The van der Waals surface area contributed by atoms with Crippen molar-refractivity contribution in [1.29, 1.82) is 0 Å². The normalized spacial score (nSPS) is 34.7.